The van der Waals surface area contributed by atoms with Crippen molar-refractivity contribution in [3.8, 4) is 0 Å². The molecule has 0 bridgehead atoms. The van der Waals surface area contributed by atoms with Crippen LogP contribution in [-0.4, -0.2) is 50.5 Å². The van der Waals surface area contributed by atoms with E-state index in [4.69, 9.17) is 23.2 Å². The number of likely N-dealkylation sites (N-methyl/N-ethyl adjacent to an activating group) is 1. The van der Waals surface area contributed by atoms with Gasteiger partial charge in [-0.25, -0.2) is 8.42 Å². The molecule has 1 atom stereocenters. The predicted molar refractivity (Wildman–Crippen MR) is 147 cm³/mol. The Balaban J connectivity index is 2.24. The number of hydrogen-bond donors (Lipinski definition) is 1. The van der Waals surface area contributed by atoms with E-state index in [1.165, 1.54) is 9.21 Å². The standard InChI is InChI=1S/C26H35Cl2N3O4S/c1-6-24(26(33)29-7-2)30(17-20-11-13-22(27)23(28)16-20)25(32)9-8-14-31(36(5,34)35)21-12-10-18(3)19(4)15-21/h10-13,15-16,24H,6-9,14,17H2,1-5H3,(H,29,33). The molecule has 0 aromatic heterocycles. The lowest BCUT2D eigenvalue weighted by molar-refractivity contribution is -0.141. The lowest BCUT2D eigenvalue weighted by Crippen LogP contribution is -2.49. The van der Waals surface area contributed by atoms with Gasteiger partial charge < -0.3 is 10.2 Å². The van der Waals surface area contributed by atoms with E-state index in [9.17, 15) is 18.0 Å². The number of amides is 2. The third-order valence-corrected chi connectivity index (χ3v) is 7.94. The number of rotatable bonds is 12. The minimum Gasteiger partial charge on any atom is -0.355 e. The summed E-state index contributed by atoms with van der Waals surface area (Å²) in [5, 5.41) is 3.57. The smallest absolute Gasteiger partial charge is 0.242 e. The molecule has 2 aromatic carbocycles. The highest BCUT2D eigenvalue weighted by Gasteiger charge is 2.28. The van der Waals surface area contributed by atoms with E-state index < -0.39 is 16.1 Å². The zero-order valence-electron chi connectivity index (χ0n) is 21.5. The zero-order chi connectivity index (χ0) is 27.0. The molecule has 0 saturated heterocycles. The highest BCUT2D eigenvalue weighted by molar-refractivity contribution is 7.92. The molecule has 1 unspecified atom stereocenters. The largest absolute Gasteiger partial charge is 0.355 e. The monoisotopic (exact) mass is 555 g/mol. The van der Waals surface area contributed by atoms with Crippen LogP contribution in [0.1, 0.15) is 49.8 Å². The van der Waals surface area contributed by atoms with E-state index in [0.717, 1.165) is 22.9 Å². The molecule has 0 saturated carbocycles. The maximum absolute atomic E-state index is 13.4. The Labute approximate surface area is 224 Å². The molecule has 0 aliphatic rings. The molecule has 0 aliphatic carbocycles. The van der Waals surface area contributed by atoms with Crippen molar-refractivity contribution in [1.29, 1.82) is 0 Å². The minimum atomic E-state index is -3.55. The summed E-state index contributed by atoms with van der Waals surface area (Å²) in [6.07, 6.45) is 1.95. The number of anilines is 1. The van der Waals surface area contributed by atoms with Crippen molar-refractivity contribution in [1.82, 2.24) is 10.2 Å². The molecule has 2 rings (SSSR count). The lowest BCUT2D eigenvalue weighted by Gasteiger charge is -2.31. The first-order valence-corrected chi connectivity index (χ1v) is 14.6. The van der Waals surface area contributed by atoms with Gasteiger partial charge in [0.1, 0.15) is 6.04 Å². The molecule has 198 valence electrons. The number of halogens is 2. The average Bonchev–Trinajstić information content (AvgIpc) is 2.80. The number of nitrogens with zero attached hydrogens (tertiary/aromatic N) is 2. The van der Waals surface area contributed by atoms with Crippen molar-refractivity contribution in [3.63, 3.8) is 0 Å². The third kappa shape index (κ3) is 8.11. The molecule has 10 heteroatoms. The van der Waals surface area contributed by atoms with Crippen LogP contribution in [0.2, 0.25) is 10.0 Å². The van der Waals surface area contributed by atoms with Crippen LogP contribution in [0.15, 0.2) is 36.4 Å². The number of sulfonamides is 1. The van der Waals surface area contributed by atoms with E-state index in [0.29, 0.717) is 35.1 Å². The van der Waals surface area contributed by atoms with Gasteiger partial charge in [-0.2, -0.15) is 0 Å². The van der Waals surface area contributed by atoms with Crippen LogP contribution in [0.5, 0.6) is 0 Å². The fourth-order valence-electron chi connectivity index (χ4n) is 3.93. The molecular formula is C26H35Cl2N3O4S. The molecule has 1 N–H and O–H groups in total. The fraction of sp³-hybridized carbons (Fsp3) is 0.462. The van der Waals surface area contributed by atoms with Crippen LogP contribution in [0.4, 0.5) is 5.69 Å². The lowest BCUT2D eigenvalue weighted by atomic mass is 10.1. The summed E-state index contributed by atoms with van der Waals surface area (Å²) in [5.74, 6) is -0.478. The molecule has 2 aromatic rings. The molecule has 0 radical (unpaired) electrons. The Kier molecular flexibility index (Phi) is 11.1. The molecule has 36 heavy (non-hydrogen) atoms. The van der Waals surface area contributed by atoms with Crippen LogP contribution >= 0.6 is 23.2 Å². The van der Waals surface area contributed by atoms with Gasteiger partial charge in [-0.05, 0) is 74.6 Å². The van der Waals surface area contributed by atoms with Crippen molar-refractivity contribution in [3.05, 3.63) is 63.1 Å². The highest BCUT2D eigenvalue weighted by Crippen LogP contribution is 2.25. The van der Waals surface area contributed by atoms with Gasteiger partial charge in [0.25, 0.3) is 0 Å². The molecule has 2 amide bonds. The maximum atomic E-state index is 13.4. The highest BCUT2D eigenvalue weighted by atomic mass is 35.5. The Morgan fingerprint density at radius 1 is 1.00 bits per heavy atom. The van der Waals surface area contributed by atoms with Gasteiger partial charge in [0.2, 0.25) is 21.8 Å². The molecule has 0 spiro atoms. The molecule has 0 heterocycles. The van der Waals surface area contributed by atoms with Crippen LogP contribution in [-0.2, 0) is 26.2 Å². The van der Waals surface area contributed by atoms with Gasteiger partial charge in [0.15, 0.2) is 0 Å². The van der Waals surface area contributed by atoms with E-state index in [-0.39, 0.29) is 31.3 Å². The summed E-state index contributed by atoms with van der Waals surface area (Å²) in [5.41, 5.74) is 3.36. The van der Waals surface area contributed by atoms with Gasteiger partial charge in [0, 0.05) is 26.1 Å². The van der Waals surface area contributed by atoms with Crippen molar-refractivity contribution in [2.45, 2.75) is 59.5 Å². The van der Waals surface area contributed by atoms with Crippen molar-refractivity contribution < 1.29 is 18.0 Å². The quantitative estimate of drug-likeness (QED) is 0.394. The first kappa shape index (κ1) is 29.9. The summed E-state index contributed by atoms with van der Waals surface area (Å²) in [6.45, 7) is 8.33. The zero-order valence-corrected chi connectivity index (χ0v) is 23.8. The molecule has 0 fully saturated rings. The van der Waals surface area contributed by atoms with Crippen LogP contribution in [0.25, 0.3) is 0 Å². The fourth-order valence-corrected chi connectivity index (χ4v) is 5.21. The summed E-state index contributed by atoms with van der Waals surface area (Å²) in [4.78, 5) is 27.7. The van der Waals surface area contributed by atoms with Crippen LogP contribution in [0.3, 0.4) is 0 Å². The second-order valence-electron chi connectivity index (χ2n) is 8.80. The Bertz CT molecular complexity index is 1190. The van der Waals surface area contributed by atoms with E-state index in [1.807, 2.05) is 39.8 Å². The number of aryl methyl sites for hydroxylation is 2. The Morgan fingerprint density at radius 3 is 2.25 bits per heavy atom. The maximum Gasteiger partial charge on any atom is 0.242 e. The van der Waals surface area contributed by atoms with Crippen molar-refractivity contribution in [2.24, 2.45) is 0 Å². The SMILES string of the molecule is CCNC(=O)C(CC)N(Cc1ccc(Cl)c(Cl)c1)C(=O)CCCN(c1ccc(C)c(C)c1)S(C)(=O)=O. The van der Waals surface area contributed by atoms with E-state index in [2.05, 4.69) is 5.32 Å². The van der Waals surface area contributed by atoms with Gasteiger partial charge in [-0.3, -0.25) is 13.9 Å². The average molecular weight is 557 g/mol. The summed E-state index contributed by atoms with van der Waals surface area (Å²) >= 11 is 12.2. The number of carbonyl (C=O) groups excluding carboxylic acids is 2. The summed E-state index contributed by atoms with van der Waals surface area (Å²) in [6, 6.07) is 9.91. The number of carbonyl (C=O) groups is 2. The second-order valence-corrected chi connectivity index (χ2v) is 11.5. The molecule has 0 aliphatic heterocycles. The van der Waals surface area contributed by atoms with Crippen molar-refractivity contribution >= 4 is 50.7 Å². The van der Waals surface area contributed by atoms with Crippen molar-refractivity contribution in [2.75, 3.05) is 23.7 Å². The van der Waals surface area contributed by atoms with Crippen LogP contribution in [0, 0.1) is 13.8 Å². The molecule has 7 nitrogen and oxygen atoms in total. The van der Waals surface area contributed by atoms with E-state index >= 15 is 0 Å². The van der Waals surface area contributed by atoms with E-state index in [1.54, 1.807) is 24.3 Å². The topological polar surface area (TPSA) is 86.8 Å². The normalized spacial score (nSPS) is 12.2. The summed E-state index contributed by atoms with van der Waals surface area (Å²) in [7, 11) is -3.55. The number of benzene rings is 2. The van der Waals surface area contributed by atoms with Gasteiger partial charge in [0.05, 0.1) is 22.0 Å². The van der Waals surface area contributed by atoms with Crippen LogP contribution < -0.4 is 9.62 Å². The van der Waals surface area contributed by atoms with Gasteiger partial charge in [-0.15, -0.1) is 0 Å². The van der Waals surface area contributed by atoms with Gasteiger partial charge in [-0.1, -0.05) is 42.3 Å². The predicted octanol–water partition coefficient (Wildman–Crippen LogP) is 5.10. The summed E-state index contributed by atoms with van der Waals surface area (Å²) < 4.78 is 26.3. The third-order valence-electron chi connectivity index (χ3n) is 6.00. The second kappa shape index (κ2) is 13.3. The Morgan fingerprint density at radius 2 is 1.69 bits per heavy atom. The minimum absolute atomic E-state index is 0.0775. The number of hydrogen-bond acceptors (Lipinski definition) is 4. The van der Waals surface area contributed by atoms with Gasteiger partial charge >= 0.3 is 0 Å². The first-order chi connectivity index (χ1) is 16.9. The first-order valence-electron chi connectivity index (χ1n) is 11.9. The Hall–Kier alpha value is -2.29. The number of nitrogens with one attached hydrogen (secondary N) is 1. The molecular weight excluding hydrogens is 521 g/mol.